The number of fused-ring (bicyclic) bond motifs is 3. The van der Waals surface area contributed by atoms with Crippen molar-refractivity contribution >= 4 is 16.9 Å². The molecular weight excluding hydrogens is 240 g/mol. The van der Waals surface area contributed by atoms with Gasteiger partial charge in [0, 0.05) is 16.9 Å². The number of para-hydroxylation sites is 1. The largest absolute Gasteiger partial charge is 0.469 e. The van der Waals surface area contributed by atoms with E-state index in [1.807, 2.05) is 30.3 Å². The summed E-state index contributed by atoms with van der Waals surface area (Å²) >= 11 is 0. The summed E-state index contributed by atoms with van der Waals surface area (Å²) in [6.07, 6.45) is 4.79. The van der Waals surface area contributed by atoms with Crippen LogP contribution in [0.15, 0.2) is 40.8 Å². The molecule has 1 heterocycles. The molecule has 0 bridgehead atoms. The molecule has 0 saturated heterocycles. The fourth-order valence-corrected chi connectivity index (χ4v) is 2.76. The Morgan fingerprint density at radius 2 is 2.16 bits per heavy atom. The SMILES string of the molecule is COC(=O)[C@H]1CC=C[C@@H](C)c2oc3ccccc3c21. The third kappa shape index (κ3) is 1.86. The minimum Gasteiger partial charge on any atom is -0.469 e. The highest BCUT2D eigenvalue weighted by molar-refractivity contribution is 5.90. The lowest BCUT2D eigenvalue weighted by Crippen LogP contribution is -2.14. The van der Waals surface area contributed by atoms with Crippen LogP contribution in [0.2, 0.25) is 0 Å². The van der Waals surface area contributed by atoms with Gasteiger partial charge in [-0.2, -0.15) is 0 Å². The molecule has 0 radical (unpaired) electrons. The molecule has 0 unspecified atom stereocenters. The van der Waals surface area contributed by atoms with E-state index in [0.717, 1.165) is 22.3 Å². The smallest absolute Gasteiger partial charge is 0.313 e. The average Bonchev–Trinajstić information content (AvgIpc) is 2.74. The highest BCUT2D eigenvalue weighted by Crippen LogP contribution is 2.40. The lowest BCUT2D eigenvalue weighted by atomic mass is 9.92. The Balaban J connectivity index is 2.27. The van der Waals surface area contributed by atoms with E-state index in [9.17, 15) is 4.79 Å². The zero-order chi connectivity index (χ0) is 13.4. The Labute approximate surface area is 111 Å². The third-order valence-electron chi connectivity index (χ3n) is 3.71. The van der Waals surface area contributed by atoms with Crippen molar-refractivity contribution in [1.82, 2.24) is 0 Å². The first kappa shape index (κ1) is 12.0. The molecule has 1 aromatic heterocycles. The number of furan rings is 1. The maximum atomic E-state index is 12.0. The van der Waals surface area contributed by atoms with Crippen molar-refractivity contribution in [2.75, 3.05) is 7.11 Å². The van der Waals surface area contributed by atoms with Gasteiger partial charge in [0.15, 0.2) is 0 Å². The maximum Gasteiger partial charge on any atom is 0.313 e. The van der Waals surface area contributed by atoms with E-state index in [1.54, 1.807) is 0 Å². The lowest BCUT2D eigenvalue weighted by Gasteiger charge is -2.12. The van der Waals surface area contributed by atoms with Gasteiger partial charge in [0.2, 0.25) is 0 Å². The van der Waals surface area contributed by atoms with Gasteiger partial charge >= 0.3 is 5.97 Å². The van der Waals surface area contributed by atoms with E-state index < -0.39 is 0 Å². The number of benzene rings is 1. The van der Waals surface area contributed by atoms with E-state index in [1.165, 1.54) is 7.11 Å². The summed E-state index contributed by atoms with van der Waals surface area (Å²) < 4.78 is 10.9. The number of rotatable bonds is 1. The van der Waals surface area contributed by atoms with Gasteiger partial charge in [0.05, 0.1) is 13.0 Å². The van der Waals surface area contributed by atoms with Crippen LogP contribution >= 0.6 is 0 Å². The molecular formula is C16H16O3. The van der Waals surface area contributed by atoms with Gasteiger partial charge in [-0.25, -0.2) is 0 Å². The van der Waals surface area contributed by atoms with Crippen molar-refractivity contribution in [2.45, 2.75) is 25.2 Å². The summed E-state index contributed by atoms with van der Waals surface area (Å²) in [5.41, 5.74) is 1.82. The van der Waals surface area contributed by atoms with Crippen LogP contribution in [0.25, 0.3) is 11.0 Å². The number of allylic oxidation sites excluding steroid dienone is 2. The molecule has 3 heteroatoms. The van der Waals surface area contributed by atoms with Crippen LogP contribution in [-0.2, 0) is 9.53 Å². The third-order valence-corrected chi connectivity index (χ3v) is 3.71. The van der Waals surface area contributed by atoms with Crippen molar-refractivity contribution in [3.63, 3.8) is 0 Å². The van der Waals surface area contributed by atoms with Crippen molar-refractivity contribution in [3.05, 3.63) is 47.7 Å². The van der Waals surface area contributed by atoms with Crippen molar-refractivity contribution in [2.24, 2.45) is 0 Å². The second kappa shape index (κ2) is 4.57. The summed E-state index contributed by atoms with van der Waals surface area (Å²) in [7, 11) is 1.43. The Morgan fingerprint density at radius 3 is 2.95 bits per heavy atom. The Kier molecular flexibility index (Phi) is 2.90. The molecule has 0 aliphatic heterocycles. The predicted molar refractivity (Wildman–Crippen MR) is 73.1 cm³/mol. The van der Waals surface area contributed by atoms with Crippen LogP contribution in [0.1, 0.15) is 36.5 Å². The second-order valence-corrected chi connectivity index (χ2v) is 4.90. The highest BCUT2D eigenvalue weighted by Gasteiger charge is 2.31. The van der Waals surface area contributed by atoms with Crippen molar-refractivity contribution < 1.29 is 13.9 Å². The number of hydrogen-bond donors (Lipinski definition) is 0. The summed E-state index contributed by atoms with van der Waals surface area (Å²) in [5, 5.41) is 1.02. The van der Waals surface area contributed by atoms with Crippen LogP contribution in [0, 0.1) is 0 Å². The number of carbonyl (C=O) groups excluding carboxylic acids is 1. The van der Waals surface area contributed by atoms with Gasteiger partial charge in [-0.15, -0.1) is 0 Å². The first-order chi connectivity index (χ1) is 9.22. The van der Waals surface area contributed by atoms with Gasteiger partial charge in [-0.05, 0) is 12.5 Å². The molecule has 1 aromatic carbocycles. The number of hydrogen-bond acceptors (Lipinski definition) is 3. The molecule has 0 spiro atoms. The van der Waals surface area contributed by atoms with Gasteiger partial charge < -0.3 is 9.15 Å². The van der Waals surface area contributed by atoms with Crippen LogP contribution in [0.4, 0.5) is 0 Å². The number of ether oxygens (including phenoxy) is 1. The number of esters is 1. The van der Waals surface area contributed by atoms with Crippen LogP contribution in [-0.4, -0.2) is 13.1 Å². The Morgan fingerprint density at radius 1 is 1.37 bits per heavy atom. The van der Waals surface area contributed by atoms with Crippen molar-refractivity contribution in [3.8, 4) is 0 Å². The average molecular weight is 256 g/mol. The van der Waals surface area contributed by atoms with Crippen molar-refractivity contribution in [1.29, 1.82) is 0 Å². The lowest BCUT2D eigenvalue weighted by molar-refractivity contribution is -0.142. The van der Waals surface area contributed by atoms with Crippen LogP contribution < -0.4 is 0 Å². The maximum absolute atomic E-state index is 12.0. The fraction of sp³-hybridized carbons (Fsp3) is 0.312. The van der Waals surface area contributed by atoms with Crippen LogP contribution in [0.3, 0.4) is 0 Å². The molecule has 3 nitrogen and oxygen atoms in total. The van der Waals surface area contributed by atoms with Gasteiger partial charge in [0.25, 0.3) is 0 Å². The van der Waals surface area contributed by atoms with Crippen LogP contribution in [0.5, 0.6) is 0 Å². The molecule has 0 fully saturated rings. The zero-order valence-electron chi connectivity index (χ0n) is 11.1. The minimum absolute atomic E-state index is 0.178. The fourth-order valence-electron chi connectivity index (χ4n) is 2.76. The van der Waals surface area contributed by atoms with E-state index in [0.29, 0.717) is 6.42 Å². The highest BCUT2D eigenvalue weighted by atomic mass is 16.5. The molecule has 98 valence electrons. The van der Waals surface area contributed by atoms with Gasteiger partial charge in [-0.3, -0.25) is 4.79 Å². The number of methoxy groups -OCH3 is 1. The Bertz CT molecular complexity index is 651. The molecule has 3 rings (SSSR count). The van der Waals surface area contributed by atoms with E-state index in [2.05, 4.69) is 13.0 Å². The Hall–Kier alpha value is -2.03. The summed E-state index contributed by atoms with van der Waals surface area (Å²) in [6, 6.07) is 7.86. The van der Waals surface area contributed by atoms with E-state index >= 15 is 0 Å². The molecule has 2 aromatic rings. The predicted octanol–water partition coefficient (Wildman–Crippen LogP) is 3.75. The molecule has 1 aliphatic carbocycles. The quantitative estimate of drug-likeness (QED) is 0.576. The molecule has 0 amide bonds. The first-order valence-electron chi connectivity index (χ1n) is 6.48. The van der Waals surface area contributed by atoms with Gasteiger partial charge in [-0.1, -0.05) is 37.3 Å². The topological polar surface area (TPSA) is 39.4 Å². The standard InChI is InChI=1S/C16H16O3/c1-10-6-5-8-12(16(17)18-2)14-11-7-3-4-9-13(11)19-15(10)14/h3-7,9-10,12H,8H2,1-2H3/t10-,12+/m1/s1. The summed E-state index contributed by atoms with van der Waals surface area (Å²) in [6.45, 7) is 2.08. The number of carbonyl (C=O) groups is 1. The molecule has 0 N–H and O–H groups in total. The minimum atomic E-state index is -0.273. The first-order valence-corrected chi connectivity index (χ1v) is 6.48. The molecule has 19 heavy (non-hydrogen) atoms. The normalized spacial score (nSPS) is 22.0. The van der Waals surface area contributed by atoms with Gasteiger partial charge in [0.1, 0.15) is 11.3 Å². The summed E-state index contributed by atoms with van der Waals surface area (Å²) in [4.78, 5) is 12.0. The zero-order valence-corrected chi connectivity index (χ0v) is 11.1. The molecule has 0 saturated carbocycles. The monoisotopic (exact) mass is 256 g/mol. The van der Waals surface area contributed by atoms with E-state index in [-0.39, 0.29) is 17.8 Å². The summed E-state index contributed by atoms with van der Waals surface area (Å²) in [5.74, 6) is 0.582. The van der Waals surface area contributed by atoms with E-state index in [4.69, 9.17) is 9.15 Å². The molecule has 1 aliphatic rings. The second-order valence-electron chi connectivity index (χ2n) is 4.90. The molecule has 2 atom stereocenters.